The van der Waals surface area contributed by atoms with Crippen LogP contribution in [0.5, 0.6) is 0 Å². The third-order valence-corrected chi connectivity index (χ3v) is 2.85. The Bertz CT molecular complexity index is 436. The smallest absolute Gasteiger partial charge is 0.203 e. The predicted molar refractivity (Wildman–Crippen MR) is 59.1 cm³/mol. The summed E-state index contributed by atoms with van der Waals surface area (Å²) in [5, 5.41) is 18.5. The predicted octanol–water partition coefficient (Wildman–Crippen LogP) is -0.165. The molecular weight excluding hydrogens is 230 g/mol. The van der Waals surface area contributed by atoms with Crippen LogP contribution in [0.3, 0.4) is 0 Å². The molecule has 0 saturated carbocycles. The van der Waals surface area contributed by atoms with Crippen molar-refractivity contribution in [3.05, 3.63) is 17.0 Å². The van der Waals surface area contributed by atoms with E-state index < -0.39 is 18.4 Å². The number of ether oxygens (including phenoxy) is 1. The number of aliphatic hydroxyl groups excluding tert-OH is 2. The topological polar surface area (TPSA) is 93.5 Å². The minimum absolute atomic E-state index is 0.215. The molecule has 0 unspecified atom stereocenters. The zero-order chi connectivity index (χ0) is 11.7. The highest BCUT2D eigenvalue weighted by Crippen LogP contribution is 2.28. The van der Waals surface area contributed by atoms with Crippen molar-refractivity contribution in [3.63, 3.8) is 0 Å². The Morgan fingerprint density at radius 2 is 2.44 bits per heavy atom. The fourth-order valence-corrected chi connectivity index (χ4v) is 1.98. The summed E-state index contributed by atoms with van der Waals surface area (Å²) in [5.41, 5.74) is 5.49. The summed E-state index contributed by atoms with van der Waals surface area (Å²) in [6.45, 7) is -0.215. The second kappa shape index (κ2) is 4.46. The van der Waals surface area contributed by atoms with Gasteiger partial charge in [-0.1, -0.05) is 0 Å². The van der Waals surface area contributed by atoms with Crippen LogP contribution < -0.4 is 5.73 Å². The maximum atomic E-state index is 9.59. The van der Waals surface area contributed by atoms with E-state index >= 15 is 0 Å². The molecule has 1 saturated heterocycles. The van der Waals surface area contributed by atoms with Gasteiger partial charge >= 0.3 is 0 Å². The van der Waals surface area contributed by atoms with Crippen molar-refractivity contribution in [2.45, 2.75) is 24.9 Å². The highest BCUT2D eigenvalue weighted by molar-refractivity contribution is 7.71. The van der Waals surface area contributed by atoms with E-state index in [0.717, 1.165) is 0 Å². The molecule has 6 nitrogen and oxygen atoms in total. The first-order valence-corrected chi connectivity index (χ1v) is 5.31. The van der Waals surface area contributed by atoms with Crippen LogP contribution in [-0.2, 0) is 4.74 Å². The Kier molecular flexibility index (Phi) is 3.20. The first kappa shape index (κ1) is 11.5. The molecule has 0 radical (unpaired) electrons. The Morgan fingerprint density at radius 3 is 3.00 bits per heavy atom. The number of nitrogen functional groups attached to an aromatic ring is 1. The highest BCUT2D eigenvalue weighted by atomic mass is 32.1. The van der Waals surface area contributed by atoms with Crippen molar-refractivity contribution in [2.75, 3.05) is 12.3 Å². The van der Waals surface area contributed by atoms with Crippen LogP contribution in [0.4, 0.5) is 5.82 Å². The molecule has 0 bridgehead atoms. The van der Waals surface area contributed by atoms with Crippen molar-refractivity contribution in [2.24, 2.45) is 0 Å². The van der Waals surface area contributed by atoms with E-state index in [1.807, 2.05) is 0 Å². The Hall–Kier alpha value is -1.02. The fraction of sp³-hybridized carbons (Fsp3) is 0.556. The largest absolute Gasteiger partial charge is 0.394 e. The standard InChI is InChI=1S/C9H13N3O3S/c10-7-1-2-12(9(16)11-7)8-3-5(14)6(4-13)15-8/h1-2,5-6,8,13-14H,3-4H2,(H2,10,11,16)/t5-,6+,8-/m0/s1. The molecule has 1 aliphatic heterocycles. The van der Waals surface area contributed by atoms with Gasteiger partial charge in [0.15, 0.2) is 0 Å². The van der Waals surface area contributed by atoms with Crippen LogP contribution in [0, 0.1) is 4.77 Å². The number of aromatic nitrogens is 2. The van der Waals surface area contributed by atoms with Gasteiger partial charge in [0.1, 0.15) is 18.1 Å². The molecule has 1 fully saturated rings. The number of hydrogen-bond acceptors (Lipinski definition) is 6. The van der Waals surface area contributed by atoms with Crippen molar-refractivity contribution in [3.8, 4) is 0 Å². The SMILES string of the molecule is Nc1ccn([C@@H]2C[C@H](O)[C@@H](CO)O2)c(=S)n1. The zero-order valence-corrected chi connectivity index (χ0v) is 9.30. The van der Waals surface area contributed by atoms with Gasteiger partial charge in [0.25, 0.3) is 0 Å². The van der Waals surface area contributed by atoms with Crippen molar-refractivity contribution < 1.29 is 14.9 Å². The number of aliphatic hydroxyl groups is 2. The molecule has 4 N–H and O–H groups in total. The number of hydrogen-bond donors (Lipinski definition) is 3. The third kappa shape index (κ3) is 2.07. The Labute approximate surface area is 97.3 Å². The molecule has 2 heterocycles. The van der Waals surface area contributed by atoms with Gasteiger partial charge in [-0.15, -0.1) is 0 Å². The van der Waals surface area contributed by atoms with E-state index in [1.54, 1.807) is 16.8 Å². The van der Waals surface area contributed by atoms with Gasteiger partial charge < -0.3 is 20.7 Å². The molecule has 2 rings (SSSR count). The lowest BCUT2D eigenvalue weighted by molar-refractivity contribution is -0.0452. The lowest BCUT2D eigenvalue weighted by atomic mass is 10.2. The molecule has 0 amide bonds. The van der Waals surface area contributed by atoms with Crippen molar-refractivity contribution in [1.29, 1.82) is 0 Å². The third-order valence-electron chi connectivity index (χ3n) is 2.55. The number of anilines is 1. The van der Waals surface area contributed by atoms with Gasteiger partial charge in [-0.2, -0.15) is 0 Å². The first-order chi connectivity index (χ1) is 7.61. The summed E-state index contributed by atoms with van der Waals surface area (Å²) < 4.78 is 7.36. The monoisotopic (exact) mass is 243 g/mol. The summed E-state index contributed by atoms with van der Waals surface area (Å²) >= 11 is 5.04. The summed E-state index contributed by atoms with van der Waals surface area (Å²) in [4.78, 5) is 3.93. The molecule has 7 heteroatoms. The number of nitrogens with two attached hydrogens (primary N) is 1. The van der Waals surface area contributed by atoms with Crippen LogP contribution >= 0.6 is 12.2 Å². The number of rotatable bonds is 2. The summed E-state index contributed by atoms with van der Waals surface area (Å²) in [6, 6.07) is 1.61. The summed E-state index contributed by atoms with van der Waals surface area (Å²) in [5.74, 6) is 0.346. The Morgan fingerprint density at radius 1 is 1.69 bits per heavy atom. The molecule has 0 aromatic carbocycles. The fourth-order valence-electron chi connectivity index (χ4n) is 1.70. The van der Waals surface area contributed by atoms with E-state index in [2.05, 4.69) is 4.98 Å². The zero-order valence-electron chi connectivity index (χ0n) is 8.48. The van der Waals surface area contributed by atoms with Gasteiger partial charge in [-0.3, -0.25) is 4.57 Å². The molecule has 0 aliphatic carbocycles. The lowest BCUT2D eigenvalue weighted by Crippen LogP contribution is -2.24. The van der Waals surface area contributed by atoms with Crippen LogP contribution in [0.1, 0.15) is 12.6 Å². The Balaban J connectivity index is 2.23. The van der Waals surface area contributed by atoms with Gasteiger partial charge in [-0.25, -0.2) is 4.98 Å². The van der Waals surface area contributed by atoms with Gasteiger partial charge in [-0.05, 0) is 18.3 Å². The average Bonchev–Trinajstić information content (AvgIpc) is 2.59. The quantitative estimate of drug-likeness (QED) is 0.625. The van der Waals surface area contributed by atoms with Crippen molar-refractivity contribution in [1.82, 2.24) is 9.55 Å². The first-order valence-electron chi connectivity index (χ1n) is 4.91. The molecule has 16 heavy (non-hydrogen) atoms. The van der Waals surface area contributed by atoms with Crippen LogP contribution in [0.2, 0.25) is 0 Å². The van der Waals surface area contributed by atoms with Crippen LogP contribution in [-0.4, -0.2) is 38.6 Å². The molecule has 1 aliphatic rings. The molecule has 0 spiro atoms. The van der Waals surface area contributed by atoms with E-state index in [4.69, 9.17) is 27.8 Å². The van der Waals surface area contributed by atoms with E-state index in [0.29, 0.717) is 17.0 Å². The van der Waals surface area contributed by atoms with Gasteiger partial charge in [0, 0.05) is 12.6 Å². The summed E-state index contributed by atoms with van der Waals surface area (Å²) in [6.07, 6.45) is 0.402. The average molecular weight is 243 g/mol. The highest BCUT2D eigenvalue weighted by Gasteiger charge is 2.34. The van der Waals surface area contributed by atoms with Gasteiger partial charge in [0.05, 0.1) is 12.7 Å². The maximum absolute atomic E-state index is 9.59. The van der Waals surface area contributed by atoms with Gasteiger partial charge in [0.2, 0.25) is 4.77 Å². The summed E-state index contributed by atoms with van der Waals surface area (Å²) in [7, 11) is 0. The maximum Gasteiger partial charge on any atom is 0.203 e. The van der Waals surface area contributed by atoms with Crippen molar-refractivity contribution >= 4 is 18.0 Å². The minimum Gasteiger partial charge on any atom is -0.394 e. The van der Waals surface area contributed by atoms with Crippen LogP contribution in [0.15, 0.2) is 12.3 Å². The lowest BCUT2D eigenvalue weighted by Gasteiger charge is -2.15. The van der Waals surface area contributed by atoms with E-state index in [-0.39, 0.29) is 6.61 Å². The molecule has 88 valence electrons. The number of nitrogens with zero attached hydrogens (tertiary/aromatic N) is 2. The second-order valence-electron chi connectivity index (χ2n) is 3.66. The normalized spacial score (nSPS) is 29.5. The van der Waals surface area contributed by atoms with E-state index in [9.17, 15) is 5.11 Å². The molecule has 1 aromatic heterocycles. The van der Waals surface area contributed by atoms with Crippen LogP contribution in [0.25, 0.3) is 0 Å². The molecule has 3 atom stereocenters. The second-order valence-corrected chi connectivity index (χ2v) is 4.02. The minimum atomic E-state index is -0.686. The molecule has 1 aromatic rings. The van der Waals surface area contributed by atoms with E-state index in [1.165, 1.54) is 0 Å². The molecular formula is C9H13N3O3S.